The largest absolute Gasteiger partial charge is 0.249 e. The highest BCUT2D eigenvalue weighted by Crippen LogP contribution is 2.39. The molecule has 0 radical (unpaired) electrons. The molecule has 0 bridgehead atoms. The highest BCUT2D eigenvalue weighted by atomic mass is 32.2. The zero-order valence-electron chi connectivity index (χ0n) is 8.36. The van der Waals surface area contributed by atoms with Crippen LogP contribution >= 0.6 is 0 Å². The highest BCUT2D eigenvalue weighted by molar-refractivity contribution is 7.85. The molecule has 2 heteroatoms. The SMILES string of the molecule is [2H]c1ccc2c(c1)-c1ccccc1S2=O. The Morgan fingerprint density at radius 1 is 0.929 bits per heavy atom. The minimum absolute atomic E-state index is 0.461. The first-order valence-corrected chi connectivity index (χ1v) is 5.54. The maximum absolute atomic E-state index is 12.0. The van der Waals surface area contributed by atoms with Gasteiger partial charge in [-0.2, -0.15) is 0 Å². The van der Waals surface area contributed by atoms with Crippen LogP contribution in [0, 0.1) is 0 Å². The molecular formula is C12H8OS. The molecule has 0 spiro atoms. The van der Waals surface area contributed by atoms with E-state index < -0.39 is 10.8 Å². The van der Waals surface area contributed by atoms with E-state index in [0.29, 0.717) is 6.04 Å². The summed E-state index contributed by atoms with van der Waals surface area (Å²) < 4.78 is 19.6. The Morgan fingerprint density at radius 3 is 2.43 bits per heavy atom. The summed E-state index contributed by atoms with van der Waals surface area (Å²) in [5, 5.41) is 0. The Labute approximate surface area is 86.3 Å². The van der Waals surface area contributed by atoms with Gasteiger partial charge < -0.3 is 0 Å². The van der Waals surface area contributed by atoms with Crippen LogP contribution in [0.5, 0.6) is 0 Å². The van der Waals surface area contributed by atoms with E-state index in [4.69, 9.17) is 1.37 Å². The molecule has 0 amide bonds. The second kappa shape index (κ2) is 2.79. The fourth-order valence-electron chi connectivity index (χ4n) is 1.76. The summed E-state index contributed by atoms with van der Waals surface area (Å²) in [4.78, 5) is 1.69. The van der Waals surface area contributed by atoms with E-state index in [1.165, 1.54) is 0 Å². The lowest BCUT2D eigenvalue weighted by atomic mass is 10.1. The van der Waals surface area contributed by atoms with Gasteiger partial charge in [-0.1, -0.05) is 36.4 Å². The van der Waals surface area contributed by atoms with E-state index >= 15 is 0 Å². The van der Waals surface area contributed by atoms with Crippen LogP contribution in [0.3, 0.4) is 0 Å². The van der Waals surface area contributed by atoms with Crippen LogP contribution in [0.4, 0.5) is 0 Å². The van der Waals surface area contributed by atoms with Crippen molar-refractivity contribution in [1.82, 2.24) is 0 Å². The lowest BCUT2D eigenvalue weighted by Gasteiger charge is -1.95. The standard InChI is InChI=1S/C12H8OS/c13-14-11-7-3-1-5-9(11)10-6-2-4-8-12(10)14/h1-8H/i1D. The van der Waals surface area contributed by atoms with Crippen molar-refractivity contribution < 1.29 is 5.58 Å². The number of hydrogen-bond donors (Lipinski definition) is 0. The quantitative estimate of drug-likeness (QED) is 0.546. The average Bonchev–Trinajstić information content (AvgIpc) is 2.54. The summed E-state index contributed by atoms with van der Waals surface area (Å²) in [5.41, 5.74) is 1.94. The van der Waals surface area contributed by atoms with Crippen LogP contribution in [-0.2, 0) is 10.8 Å². The Morgan fingerprint density at radius 2 is 1.57 bits per heavy atom. The molecule has 0 N–H and O–H groups in total. The molecule has 1 heterocycles. The third-order valence-corrected chi connectivity index (χ3v) is 3.91. The Kier molecular flexibility index (Phi) is 1.39. The Bertz CT molecular complexity index is 578. The smallest absolute Gasteiger partial charge is 0.0862 e. The molecular weight excluding hydrogens is 192 g/mol. The van der Waals surface area contributed by atoms with Gasteiger partial charge in [0, 0.05) is 0 Å². The second-order valence-electron chi connectivity index (χ2n) is 3.19. The first-order valence-electron chi connectivity index (χ1n) is 4.89. The molecule has 1 aliphatic heterocycles. The molecule has 2 aromatic carbocycles. The summed E-state index contributed by atoms with van der Waals surface area (Å²) in [6.07, 6.45) is 0. The third-order valence-electron chi connectivity index (χ3n) is 2.40. The van der Waals surface area contributed by atoms with Gasteiger partial charge in [-0.3, -0.25) is 0 Å². The van der Waals surface area contributed by atoms with Crippen LogP contribution in [0.25, 0.3) is 11.1 Å². The monoisotopic (exact) mass is 201 g/mol. The summed E-state index contributed by atoms with van der Waals surface area (Å²) in [6, 6.07) is 13.4. The fraction of sp³-hybridized carbons (Fsp3) is 0. The molecule has 0 saturated carbocycles. The van der Waals surface area contributed by atoms with E-state index in [2.05, 4.69) is 0 Å². The average molecular weight is 201 g/mol. The molecule has 1 nitrogen and oxygen atoms in total. The van der Waals surface area contributed by atoms with Crippen molar-refractivity contribution in [3.8, 4) is 11.1 Å². The zero-order chi connectivity index (χ0) is 10.4. The summed E-state index contributed by atoms with van der Waals surface area (Å²) in [7, 11) is -1.06. The number of hydrogen-bond acceptors (Lipinski definition) is 1. The number of rotatable bonds is 0. The van der Waals surface area contributed by atoms with Crippen molar-refractivity contribution in [2.75, 3.05) is 0 Å². The molecule has 0 saturated heterocycles. The fourth-order valence-corrected chi connectivity index (χ4v) is 3.13. The predicted molar refractivity (Wildman–Crippen MR) is 56.6 cm³/mol. The first-order chi connectivity index (χ1) is 7.27. The van der Waals surface area contributed by atoms with Crippen molar-refractivity contribution in [3.05, 3.63) is 48.5 Å². The van der Waals surface area contributed by atoms with Gasteiger partial charge in [-0.15, -0.1) is 0 Å². The topological polar surface area (TPSA) is 17.1 Å². The molecule has 1 atom stereocenters. The van der Waals surface area contributed by atoms with Crippen molar-refractivity contribution in [1.29, 1.82) is 0 Å². The van der Waals surface area contributed by atoms with Crippen LogP contribution in [0.15, 0.2) is 58.3 Å². The van der Waals surface area contributed by atoms with Gasteiger partial charge >= 0.3 is 0 Å². The summed E-state index contributed by atoms with van der Waals surface area (Å²) in [6.45, 7) is 0. The van der Waals surface area contributed by atoms with Crippen molar-refractivity contribution in [2.24, 2.45) is 0 Å². The molecule has 0 aromatic heterocycles. The van der Waals surface area contributed by atoms with Gasteiger partial charge in [0.1, 0.15) is 0 Å². The minimum atomic E-state index is -1.06. The highest BCUT2D eigenvalue weighted by Gasteiger charge is 2.23. The molecule has 1 aliphatic rings. The molecule has 68 valence electrons. The van der Waals surface area contributed by atoms with Gasteiger partial charge in [0.2, 0.25) is 0 Å². The number of fused-ring (bicyclic) bond motifs is 3. The molecule has 14 heavy (non-hydrogen) atoms. The van der Waals surface area contributed by atoms with Crippen LogP contribution in [-0.4, -0.2) is 4.21 Å². The van der Waals surface area contributed by atoms with Gasteiger partial charge in [0.25, 0.3) is 0 Å². The molecule has 2 aromatic rings. The second-order valence-corrected chi connectivity index (χ2v) is 4.60. The van der Waals surface area contributed by atoms with Gasteiger partial charge in [0.05, 0.1) is 22.0 Å². The van der Waals surface area contributed by atoms with Crippen molar-refractivity contribution in [2.45, 2.75) is 9.79 Å². The minimum Gasteiger partial charge on any atom is -0.249 e. The molecule has 0 aliphatic carbocycles. The Hall–Kier alpha value is -1.41. The van der Waals surface area contributed by atoms with E-state index in [1.807, 2.05) is 24.3 Å². The summed E-state index contributed by atoms with van der Waals surface area (Å²) >= 11 is 0. The van der Waals surface area contributed by atoms with E-state index in [9.17, 15) is 4.21 Å². The molecule has 1 unspecified atom stereocenters. The van der Waals surface area contributed by atoms with E-state index in [-0.39, 0.29) is 0 Å². The van der Waals surface area contributed by atoms with Crippen molar-refractivity contribution >= 4 is 10.8 Å². The van der Waals surface area contributed by atoms with E-state index in [1.54, 1.807) is 18.2 Å². The zero-order valence-corrected chi connectivity index (χ0v) is 8.17. The normalized spacial score (nSPS) is 18.6. The maximum atomic E-state index is 12.0. The first kappa shape index (κ1) is 6.96. The van der Waals surface area contributed by atoms with Gasteiger partial charge in [-0.25, -0.2) is 4.21 Å². The van der Waals surface area contributed by atoms with Crippen LogP contribution in [0.2, 0.25) is 0 Å². The van der Waals surface area contributed by atoms with Crippen molar-refractivity contribution in [3.63, 3.8) is 0 Å². The van der Waals surface area contributed by atoms with E-state index in [0.717, 1.165) is 20.9 Å². The lowest BCUT2D eigenvalue weighted by molar-refractivity contribution is 0.685. The maximum Gasteiger partial charge on any atom is 0.0862 e. The lowest BCUT2D eigenvalue weighted by Crippen LogP contribution is -1.84. The number of benzene rings is 2. The van der Waals surface area contributed by atoms with Gasteiger partial charge in [-0.05, 0) is 23.3 Å². The Balaban J connectivity index is 2.39. The summed E-state index contributed by atoms with van der Waals surface area (Å²) in [5.74, 6) is 0. The van der Waals surface area contributed by atoms with Gasteiger partial charge in [0.15, 0.2) is 0 Å². The third kappa shape index (κ3) is 0.917. The van der Waals surface area contributed by atoms with Crippen LogP contribution in [0.1, 0.15) is 1.37 Å². The molecule has 0 fully saturated rings. The van der Waals surface area contributed by atoms with Crippen LogP contribution < -0.4 is 0 Å². The molecule has 3 rings (SSSR count). The predicted octanol–water partition coefficient (Wildman–Crippen LogP) is 2.83.